The van der Waals surface area contributed by atoms with Crippen LogP contribution in [0.25, 0.3) is 216 Å². The molecule has 6 nitrogen and oxygen atoms in total. The smallest absolute Gasteiger partial charge is 0.143 e. The zero-order chi connectivity index (χ0) is 97.8. The molecular weight excluding hydrogens is 1810 g/mol. The second-order valence-electron chi connectivity index (χ2n) is 39.6. The van der Waals surface area contributed by atoms with E-state index in [0.29, 0.717) is 0 Å². The van der Waals surface area contributed by atoms with Crippen LogP contribution in [0.15, 0.2) is 532 Å². The Morgan fingerprint density at radius 2 is 0.581 bits per heavy atom. The van der Waals surface area contributed by atoms with Crippen LogP contribution in [0.1, 0.15) is 25.0 Å². The lowest BCUT2D eigenvalue weighted by atomic mass is 9.81. The van der Waals surface area contributed by atoms with Crippen LogP contribution in [0.3, 0.4) is 0 Å². The molecule has 1 aliphatic rings. The second kappa shape index (κ2) is 34.7. The summed E-state index contributed by atoms with van der Waals surface area (Å²) in [5, 5.41) is 32.6. The van der Waals surface area contributed by atoms with Crippen molar-refractivity contribution in [2.45, 2.75) is 19.3 Å². The van der Waals surface area contributed by atoms with Crippen LogP contribution in [-0.2, 0) is 5.41 Å². The summed E-state index contributed by atoms with van der Waals surface area (Å²) in [7, 11) is 0. The van der Waals surface area contributed by atoms with E-state index in [1.54, 1.807) is 0 Å². The summed E-state index contributed by atoms with van der Waals surface area (Å²) in [5.41, 5.74) is 27.0. The molecule has 0 saturated carbocycles. The largest absolute Gasteiger partial charge is 0.455 e. The zero-order valence-corrected chi connectivity index (χ0v) is 82.1. The van der Waals surface area contributed by atoms with Gasteiger partial charge in [0.15, 0.2) is 0 Å². The normalized spacial score (nSPS) is 12.3. The molecule has 0 aliphatic heterocycles. The number of hydrogen-bond acceptors (Lipinski definition) is 5. The quantitative estimate of drug-likeness (QED) is 0.114. The predicted octanol–water partition coefficient (Wildman–Crippen LogP) is 40.3. The van der Waals surface area contributed by atoms with Gasteiger partial charge in [0, 0.05) is 125 Å². The molecule has 0 unspecified atom stereocenters. The minimum atomic E-state index is -0.0354. The van der Waals surface area contributed by atoms with Crippen LogP contribution >= 0.6 is 11.3 Å². The van der Waals surface area contributed by atoms with E-state index in [-0.39, 0.29) is 5.41 Å². The maximum absolute atomic E-state index is 6.60. The van der Waals surface area contributed by atoms with Gasteiger partial charge < -0.3 is 28.3 Å². The van der Waals surface area contributed by atoms with Gasteiger partial charge in [0.05, 0.1) is 33.4 Å². The number of furan rings is 1. The molecule has 26 aromatic carbocycles. The molecule has 0 N–H and O–H groups in total. The molecule has 0 atom stereocenters. The van der Waals surface area contributed by atoms with Crippen LogP contribution in [0.2, 0.25) is 0 Å². The third-order valence-corrected chi connectivity index (χ3v) is 32.2. The fourth-order valence-electron chi connectivity index (χ4n) is 24.4. The second-order valence-corrected chi connectivity index (χ2v) is 40.6. The van der Waals surface area contributed by atoms with Crippen LogP contribution < -0.4 is 14.7 Å². The van der Waals surface area contributed by atoms with Gasteiger partial charge in [-0.3, -0.25) is 0 Å². The summed E-state index contributed by atoms with van der Waals surface area (Å²) < 4.78 is 14.1. The molecule has 30 aromatic rings. The molecular formula is C141H93N5OS. The number of fused-ring (bicyclic) bond motifs is 33. The summed E-state index contributed by atoms with van der Waals surface area (Å²) in [6, 6.07) is 192. The molecule has 4 aromatic heterocycles. The lowest BCUT2D eigenvalue weighted by Crippen LogP contribution is -2.14. The highest BCUT2D eigenvalue weighted by molar-refractivity contribution is 7.26. The van der Waals surface area contributed by atoms with Gasteiger partial charge in [0.1, 0.15) is 11.2 Å². The van der Waals surface area contributed by atoms with Gasteiger partial charge in [-0.1, -0.05) is 390 Å². The summed E-state index contributed by atoms with van der Waals surface area (Å²) in [5.74, 6) is 0. The number of nitrogens with zero attached hydrogens (tertiary/aromatic N) is 5. The summed E-state index contributed by atoms with van der Waals surface area (Å²) in [4.78, 5) is 7.19. The molecule has 0 saturated heterocycles. The fraction of sp³-hybridized carbons (Fsp3) is 0.0213. The van der Waals surface area contributed by atoms with Crippen LogP contribution in [-0.4, -0.2) is 9.13 Å². The first-order chi connectivity index (χ1) is 73.2. The minimum absolute atomic E-state index is 0.0354. The SMILES string of the molecule is CC1(C)c2ccccc2-c2c1ccc1ccc3ccc4cc(N(c5ccccc5)c5ccc(-c6ccccc6)cc5)ccc4c3c21.c1ccc(N(c2ccc3c(ccc4ccc5ccc6c7ccccc7oc6c5c43)c2)c2cccc3c4ccccc4n(-c4ccccc4)c23)cc1.c1ccc(N(c2ccc3c(ccc4ccc5ccc6c7ccccc7sc6c5c43)c2)c2cccc3c4ccccc4n(-c4ccccc4)c23)cc1. The number of anilines is 9. The summed E-state index contributed by atoms with van der Waals surface area (Å²) in [6.45, 7) is 4.73. The zero-order valence-electron chi connectivity index (χ0n) is 81.3. The molecule has 0 bridgehead atoms. The van der Waals surface area contributed by atoms with Gasteiger partial charge in [-0.2, -0.15) is 0 Å². The Balaban J connectivity index is 0.000000105. The standard InChI is InChI=1S/C48H30N2O.C48H30N2S.C45H33N/c2*1-3-12-34(13-4-1)49(43-20-11-18-40-38-16-7-9-19-42(38)50(47(40)43)35-14-5-2-6-15-35)36-27-29-37-33(30-36)25-24-31-22-23-32-26-28-41-39-17-8-10-21-44(39)51-48(41)46(32)45(31)37;1-45(2)40-16-10-9-15-39(40)44-41(45)28-23-33-18-17-32-19-20-34-29-37(26-27-38(34)42(32)43(33)44)46(35-13-7-4-8-14-35)36-24-21-31(22-25-36)30-11-5-3-6-12-30/h2*1-30H;3-29H,1-2H3. The Bertz CT molecular complexity index is 10200. The maximum atomic E-state index is 6.60. The average Bonchev–Trinajstić information content (AvgIpc) is 1.53. The maximum Gasteiger partial charge on any atom is 0.143 e. The molecule has 0 fully saturated rings. The summed E-state index contributed by atoms with van der Waals surface area (Å²) >= 11 is 1.91. The van der Waals surface area contributed by atoms with E-state index in [1.165, 1.54) is 189 Å². The van der Waals surface area contributed by atoms with Gasteiger partial charge in [-0.05, 0) is 266 Å². The Kier molecular flexibility index (Phi) is 20.1. The van der Waals surface area contributed by atoms with Crippen molar-refractivity contribution >= 4 is 245 Å². The molecule has 0 amide bonds. The van der Waals surface area contributed by atoms with E-state index in [2.05, 4.69) is 559 Å². The Labute approximate surface area is 858 Å². The van der Waals surface area contributed by atoms with Crippen molar-refractivity contribution in [1.82, 2.24) is 9.13 Å². The van der Waals surface area contributed by atoms with Crippen molar-refractivity contribution in [1.29, 1.82) is 0 Å². The topological polar surface area (TPSA) is 32.7 Å². The van der Waals surface area contributed by atoms with Gasteiger partial charge in [-0.25, -0.2) is 0 Å². The van der Waals surface area contributed by atoms with E-state index < -0.39 is 0 Å². The number of thiophene rings is 1. The Morgan fingerprint density at radius 1 is 0.223 bits per heavy atom. The number of hydrogen-bond donors (Lipinski definition) is 0. The molecule has 0 radical (unpaired) electrons. The number of benzene rings is 26. The number of rotatable bonds is 12. The summed E-state index contributed by atoms with van der Waals surface area (Å²) in [6.07, 6.45) is 0. The molecule has 31 rings (SSSR count). The highest BCUT2D eigenvalue weighted by Crippen LogP contribution is 2.56. The molecule has 4 heterocycles. The van der Waals surface area contributed by atoms with E-state index in [1.807, 2.05) is 17.4 Å². The Morgan fingerprint density at radius 3 is 1.11 bits per heavy atom. The van der Waals surface area contributed by atoms with E-state index in [0.717, 1.165) is 89.9 Å². The van der Waals surface area contributed by atoms with Crippen LogP contribution in [0, 0.1) is 0 Å². The van der Waals surface area contributed by atoms with Crippen molar-refractivity contribution in [2.24, 2.45) is 0 Å². The predicted molar refractivity (Wildman–Crippen MR) is 633 cm³/mol. The molecule has 1 aliphatic carbocycles. The first-order valence-corrected chi connectivity index (χ1v) is 51.8. The lowest BCUT2D eigenvalue weighted by molar-refractivity contribution is 0.661. The van der Waals surface area contributed by atoms with Crippen LogP contribution in [0.4, 0.5) is 51.2 Å². The third-order valence-electron chi connectivity index (χ3n) is 31.0. The highest BCUT2D eigenvalue weighted by atomic mass is 32.1. The van der Waals surface area contributed by atoms with Gasteiger partial charge in [0.25, 0.3) is 0 Å². The lowest BCUT2D eigenvalue weighted by Gasteiger charge is -2.27. The fourth-order valence-corrected chi connectivity index (χ4v) is 25.6. The first-order valence-electron chi connectivity index (χ1n) is 51.0. The van der Waals surface area contributed by atoms with Crippen molar-refractivity contribution in [3.63, 3.8) is 0 Å². The highest BCUT2D eigenvalue weighted by Gasteiger charge is 2.37. The Hall–Kier alpha value is -18.9. The molecule has 7 heteroatoms. The first kappa shape index (κ1) is 85.8. The van der Waals surface area contributed by atoms with Crippen LogP contribution in [0.5, 0.6) is 0 Å². The van der Waals surface area contributed by atoms with Gasteiger partial charge >= 0.3 is 0 Å². The average molecular weight is 1910 g/mol. The number of para-hydroxylation sites is 10. The van der Waals surface area contributed by atoms with E-state index in [4.69, 9.17) is 4.42 Å². The molecule has 148 heavy (non-hydrogen) atoms. The van der Waals surface area contributed by atoms with Gasteiger partial charge in [0.2, 0.25) is 0 Å². The van der Waals surface area contributed by atoms with Crippen molar-refractivity contribution in [3.05, 3.63) is 539 Å². The van der Waals surface area contributed by atoms with Gasteiger partial charge in [-0.15, -0.1) is 11.3 Å². The molecule has 0 spiro atoms. The van der Waals surface area contributed by atoms with Crippen molar-refractivity contribution in [3.8, 4) is 33.6 Å². The van der Waals surface area contributed by atoms with Crippen molar-refractivity contribution in [2.75, 3.05) is 14.7 Å². The number of aromatic nitrogens is 2. The van der Waals surface area contributed by atoms with Crippen molar-refractivity contribution < 1.29 is 4.42 Å². The molecule has 694 valence electrons. The van der Waals surface area contributed by atoms with E-state index in [9.17, 15) is 0 Å². The third kappa shape index (κ3) is 13.8. The van der Waals surface area contributed by atoms with E-state index >= 15 is 0 Å². The minimum Gasteiger partial charge on any atom is -0.455 e. The monoisotopic (exact) mass is 1900 g/mol.